The van der Waals surface area contributed by atoms with E-state index in [4.69, 9.17) is 0 Å². The highest BCUT2D eigenvalue weighted by Crippen LogP contribution is 2.53. The maximum atomic E-state index is 13.5. The quantitative estimate of drug-likeness (QED) is 0.712. The summed E-state index contributed by atoms with van der Waals surface area (Å²) in [5, 5.41) is 2.52. The molecule has 2 atom stereocenters. The lowest BCUT2D eigenvalue weighted by Gasteiger charge is -2.26. The molecule has 2 nitrogen and oxygen atoms in total. The largest absolute Gasteiger partial charge is 0.416 e. The zero-order valence-electron chi connectivity index (χ0n) is 9.14. The zero-order chi connectivity index (χ0) is 13.1. The fourth-order valence-corrected chi connectivity index (χ4v) is 2.48. The van der Waals surface area contributed by atoms with Crippen LogP contribution >= 0.6 is 0 Å². The molecule has 6 heteroatoms. The lowest BCUT2D eigenvalue weighted by Crippen LogP contribution is -2.40. The van der Waals surface area contributed by atoms with Crippen molar-refractivity contribution < 1.29 is 22.4 Å². The maximum absolute atomic E-state index is 13.5. The molecule has 1 aliphatic carbocycles. The SMILES string of the molecule is O=C1NC[C@@]2(C[C@H]2F)c2cc(C(F)(F)F)ccc21. The van der Waals surface area contributed by atoms with Crippen LogP contribution in [-0.4, -0.2) is 18.6 Å². The minimum atomic E-state index is -4.48. The molecule has 0 bridgehead atoms. The van der Waals surface area contributed by atoms with E-state index >= 15 is 0 Å². The van der Waals surface area contributed by atoms with Gasteiger partial charge >= 0.3 is 6.18 Å². The lowest BCUT2D eigenvalue weighted by molar-refractivity contribution is -0.137. The topological polar surface area (TPSA) is 29.1 Å². The van der Waals surface area contributed by atoms with Gasteiger partial charge in [-0.2, -0.15) is 13.2 Å². The molecule has 1 aromatic carbocycles. The molecule has 2 aliphatic rings. The number of fused-ring (bicyclic) bond motifs is 2. The van der Waals surface area contributed by atoms with Gasteiger partial charge in [-0.15, -0.1) is 0 Å². The van der Waals surface area contributed by atoms with E-state index in [1.54, 1.807) is 0 Å². The number of rotatable bonds is 0. The van der Waals surface area contributed by atoms with E-state index in [0.29, 0.717) is 0 Å². The molecule has 1 fully saturated rings. The molecule has 1 aromatic rings. The summed E-state index contributed by atoms with van der Waals surface area (Å²) in [4.78, 5) is 11.6. The van der Waals surface area contributed by atoms with Crippen LogP contribution in [0.5, 0.6) is 0 Å². The second-order valence-electron chi connectivity index (χ2n) is 4.77. The van der Waals surface area contributed by atoms with Crippen molar-refractivity contribution in [1.29, 1.82) is 0 Å². The van der Waals surface area contributed by atoms with Gasteiger partial charge in [0.2, 0.25) is 0 Å². The lowest BCUT2D eigenvalue weighted by atomic mass is 9.86. The number of halogens is 4. The van der Waals surface area contributed by atoms with Gasteiger partial charge in [-0.05, 0) is 30.2 Å². The van der Waals surface area contributed by atoms with Crippen molar-refractivity contribution >= 4 is 5.91 Å². The first-order valence-corrected chi connectivity index (χ1v) is 5.48. The van der Waals surface area contributed by atoms with Gasteiger partial charge in [-0.25, -0.2) is 4.39 Å². The summed E-state index contributed by atoms with van der Waals surface area (Å²) in [5.41, 5.74) is -1.44. The first-order chi connectivity index (χ1) is 8.34. The van der Waals surface area contributed by atoms with Crippen LogP contribution in [0.2, 0.25) is 0 Å². The van der Waals surface area contributed by atoms with Crippen LogP contribution in [-0.2, 0) is 11.6 Å². The molecule has 3 rings (SSSR count). The Morgan fingerprint density at radius 1 is 1.33 bits per heavy atom. The van der Waals surface area contributed by atoms with Crippen molar-refractivity contribution in [3.63, 3.8) is 0 Å². The summed E-state index contributed by atoms with van der Waals surface area (Å²) in [6.07, 6.45) is -5.49. The molecule has 0 radical (unpaired) electrons. The maximum Gasteiger partial charge on any atom is 0.416 e. The Bertz CT molecular complexity index is 539. The molecule has 1 aliphatic heterocycles. The Kier molecular flexibility index (Phi) is 2.07. The number of amides is 1. The Morgan fingerprint density at radius 3 is 2.56 bits per heavy atom. The highest BCUT2D eigenvalue weighted by atomic mass is 19.4. The molecule has 1 heterocycles. The molecule has 1 amide bonds. The van der Waals surface area contributed by atoms with Crippen molar-refractivity contribution in [3.8, 4) is 0 Å². The highest BCUT2D eigenvalue weighted by Gasteiger charge is 2.59. The molecule has 18 heavy (non-hydrogen) atoms. The van der Waals surface area contributed by atoms with E-state index in [1.807, 2.05) is 0 Å². The van der Waals surface area contributed by atoms with Crippen LogP contribution in [0.25, 0.3) is 0 Å². The van der Waals surface area contributed by atoms with Gasteiger partial charge < -0.3 is 5.32 Å². The zero-order valence-corrected chi connectivity index (χ0v) is 9.14. The van der Waals surface area contributed by atoms with Crippen LogP contribution in [0, 0.1) is 0 Å². The molecular formula is C12H9F4NO. The summed E-state index contributed by atoms with van der Waals surface area (Å²) in [6.45, 7) is 0.0707. The van der Waals surface area contributed by atoms with Gasteiger partial charge in [0.05, 0.1) is 5.56 Å². The molecular weight excluding hydrogens is 250 g/mol. The summed E-state index contributed by atoms with van der Waals surface area (Å²) < 4.78 is 51.3. The Hall–Kier alpha value is -1.59. The standard InChI is InChI=1S/C12H9F4NO/c13-9-4-11(9)5-17-10(18)7-2-1-6(3-8(7)11)12(14,15)16/h1-3,9H,4-5H2,(H,17,18)/t9-,11+/m1/s1. The summed E-state index contributed by atoms with van der Waals surface area (Å²) in [7, 11) is 0. The van der Waals surface area contributed by atoms with Gasteiger partial charge in [0, 0.05) is 17.5 Å². The summed E-state index contributed by atoms with van der Waals surface area (Å²) in [6, 6.07) is 2.89. The second kappa shape index (κ2) is 3.24. The highest BCUT2D eigenvalue weighted by molar-refractivity contribution is 5.98. The van der Waals surface area contributed by atoms with Crippen molar-refractivity contribution in [2.24, 2.45) is 0 Å². The number of hydrogen-bond donors (Lipinski definition) is 1. The summed E-state index contributed by atoms with van der Waals surface area (Å²) in [5.74, 6) is -0.441. The van der Waals surface area contributed by atoms with E-state index in [2.05, 4.69) is 5.32 Å². The van der Waals surface area contributed by atoms with Crippen LogP contribution in [0.3, 0.4) is 0 Å². The van der Waals surface area contributed by atoms with Crippen LogP contribution in [0.15, 0.2) is 18.2 Å². The number of carbonyl (C=O) groups excluding carboxylic acids is 1. The monoisotopic (exact) mass is 259 g/mol. The normalized spacial score (nSPS) is 30.0. The number of hydrogen-bond acceptors (Lipinski definition) is 1. The van der Waals surface area contributed by atoms with Crippen LogP contribution in [0.1, 0.15) is 27.9 Å². The van der Waals surface area contributed by atoms with Crippen molar-refractivity contribution in [2.45, 2.75) is 24.2 Å². The third kappa shape index (κ3) is 1.44. The summed E-state index contributed by atoms with van der Waals surface area (Å²) >= 11 is 0. The molecule has 1 saturated carbocycles. The van der Waals surface area contributed by atoms with Crippen molar-refractivity contribution in [2.75, 3.05) is 6.54 Å². The van der Waals surface area contributed by atoms with Gasteiger partial charge in [0.1, 0.15) is 6.17 Å². The third-order valence-corrected chi connectivity index (χ3v) is 3.68. The smallest absolute Gasteiger partial charge is 0.351 e. The predicted octanol–water partition coefficient (Wildman–Crippen LogP) is 2.43. The molecule has 1 spiro atoms. The van der Waals surface area contributed by atoms with E-state index in [0.717, 1.165) is 18.2 Å². The van der Waals surface area contributed by atoms with Crippen molar-refractivity contribution in [3.05, 3.63) is 34.9 Å². The first-order valence-electron chi connectivity index (χ1n) is 5.48. The second-order valence-corrected chi connectivity index (χ2v) is 4.77. The third-order valence-electron chi connectivity index (χ3n) is 3.68. The number of nitrogens with one attached hydrogen (secondary N) is 1. The van der Waals surface area contributed by atoms with Crippen LogP contribution in [0.4, 0.5) is 17.6 Å². The fraction of sp³-hybridized carbons (Fsp3) is 0.417. The average Bonchev–Trinajstić information content (AvgIpc) is 2.95. The molecule has 96 valence electrons. The molecule has 0 saturated heterocycles. The first kappa shape index (κ1) is 11.5. The molecule has 1 N–H and O–H groups in total. The molecule has 0 aromatic heterocycles. The van der Waals surface area contributed by atoms with Crippen molar-refractivity contribution in [1.82, 2.24) is 5.32 Å². The number of benzene rings is 1. The number of alkyl halides is 4. The van der Waals surface area contributed by atoms with Crippen LogP contribution < -0.4 is 5.32 Å². The van der Waals surface area contributed by atoms with Gasteiger partial charge in [-0.3, -0.25) is 4.79 Å². The average molecular weight is 259 g/mol. The Labute approximate surface area is 100.0 Å². The van der Waals surface area contributed by atoms with E-state index in [-0.39, 0.29) is 24.1 Å². The Balaban J connectivity index is 2.15. The number of carbonyl (C=O) groups is 1. The van der Waals surface area contributed by atoms with Gasteiger partial charge in [-0.1, -0.05) is 0 Å². The van der Waals surface area contributed by atoms with E-state index in [9.17, 15) is 22.4 Å². The van der Waals surface area contributed by atoms with Gasteiger partial charge in [0.25, 0.3) is 5.91 Å². The fourth-order valence-electron chi connectivity index (χ4n) is 2.48. The minimum Gasteiger partial charge on any atom is -0.351 e. The minimum absolute atomic E-state index is 0.0707. The predicted molar refractivity (Wildman–Crippen MR) is 55.0 cm³/mol. The van der Waals surface area contributed by atoms with E-state index < -0.39 is 29.2 Å². The van der Waals surface area contributed by atoms with Gasteiger partial charge in [0.15, 0.2) is 0 Å². The Morgan fingerprint density at radius 2 is 2.00 bits per heavy atom. The van der Waals surface area contributed by atoms with E-state index in [1.165, 1.54) is 0 Å². The molecule has 0 unspecified atom stereocenters.